The van der Waals surface area contributed by atoms with Crippen LogP contribution in [-0.2, 0) is 16.1 Å². The van der Waals surface area contributed by atoms with E-state index in [2.05, 4.69) is 45.2 Å². The summed E-state index contributed by atoms with van der Waals surface area (Å²) in [6.07, 6.45) is 1.53. The molecule has 0 aromatic heterocycles. The zero-order chi connectivity index (χ0) is 18.2. The highest BCUT2D eigenvalue weighted by molar-refractivity contribution is 14.1. The van der Waals surface area contributed by atoms with Crippen molar-refractivity contribution in [3.8, 4) is 11.8 Å². The Morgan fingerprint density at radius 2 is 1.84 bits per heavy atom. The second-order valence-electron chi connectivity index (χ2n) is 4.98. The molecule has 0 N–H and O–H groups in total. The van der Waals surface area contributed by atoms with Gasteiger partial charge in [0.1, 0.15) is 24.0 Å². The molecular weight excluding hydrogens is 544 g/mol. The van der Waals surface area contributed by atoms with Gasteiger partial charge in [0.25, 0.3) is 0 Å². The van der Waals surface area contributed by atoms with Crippen molar-refractivity contribution in [3.63, 3.8) is 0 Å². The molecule has 0 heterocycles. The Kier molecular flexibility index (Phi) is 7.71. The molecule has 2 rings (SSSR count). The maximum atomic E-state index is 11.7. The number of carbonyl (C=O) groups is 1. The Morgan fingerprint density at radius 3 is 2.40 bits per heavy atom. The topological polar surface area (TPSA) is 59.3 Å². The minimum atomic E-state index is -0.612. The van der Waals surface area contributed by atoms with Crippen molar-refractivity contribution >= 4 is 57.2 Å². The van der Waals surface area contributed by atoms with Crippen LogP contribution in [0.3, 0.4) is 0 Å². The lowest BCUT2D eigenvalue weighted by Crippen LogP contribution is -2.06. The number of benzene rings is 2. The lowest BCUT2D eigenvalue weighted by molar-refractivity contribution is -0.137. The quantitative estimate of drug-likeness (QED) is 0.218. The summed E-state index contributed by atoms with van der Waals surface area (Å²) in [6, 6.07) is 15.6. The first-order chi connectivity index (χ1) is 12.0. The largest absolute Gasteiger partial charge is 0.487 e. The van der Waals surface area contributed by atoms with E-state index in [1.54, 1.807) is 6.92 Å². The van der Waals surface area contributed by atoms with Crippen molar-refractivity contribution in [2.24, 2.45) is 0 Å². The zero-order valence-electron chi connectivity index (χ0n) is 13.5. The van der Waals surface area contributed by atoms with E-state index in [9.17, 15) is 4.79 Å². The van der Waals surface area contributed by atoms with E-state index in [1.165, 1.54) is 6.08 Å². The number of carbonyl (C=O) groups excluding carboxylic acids is 1. The summed E-state index contributed by atoms with van der Waals surface area (Å²) in [7, 11) is 0. The third-order valence-electron chi connectivity index (χ3n) is 3.17. The molecule has 0 saturated carbocycles. The van der Waals surface area contributed by atoms with Gasteiger partial charge in [0.2, 0.25) is 0 Å². The zero-order valence-corrected chi connectivity index (χ0v) is 17.8. The molecule has 6 heteroatoms. The van der Waals surface area contributed by atoms with Crippen LogP contribution in [-0.4, -0.2) is 12.6 Å². The Hall–Kier alpha value is -1.60. The standard InChI is InChI=1S/C19H15I2NO3/c1-2-24-19(23)15(11-22)8-14-9-16(20)18(17(21)10-14)25-12-13-6-4-3-5-7-13/h3-10H,2,12H2,1H3. The molecule has 2 aromatic carbocycles. The molecule has 0 amide bonds. The van der Waals surface area contributed by atoms with Crippen molar-refractivity contribution in [1.82, 2.24) is 0 Å². The van der Waals surface area contributed by atoms with Gasteiger partial charge in [-0.15, -0.1) is 0 Å². The highest BCUT2D eigenvalue weighted by atomic mass is 127. The molecule has 4 nitrogen and oxygen atoms in total. The van der Waals surface area contributed by atoms with Gasteiger partial charge >= 0.3 is 5.97 Å². The number of hydrogen-bond acceptors (Lipinski definition) is 4. The summed E-state index contributed by atoms with van der Waals surface area (Å²) in [5, 5.41) is 9.14. The number of nitrogens with zero attached hydrogens (tertiary/aromatic N) is 1. The second-order valence-corrected chi connectivity index (χ2v) is 7.30. The van der Waals surface area contributed by atoms with E-state index in [-0.39, 0.29) is 12.2 Å². The molecule has 0 bridgehead atoms. The fourth-order valence-electron chi connectivity index (χ4n) is 2.04. The predicted molar refractivity (Wildman–Crippen MR) is 113 cm³/mol. The predicted octanol–water partition coefficient (Wildman–Crippen LogP) is 4.94. The van der Waals surface area contributed by atoms with Crippen LogP contribution in [0.2, 0.25) is 0 Å². The van der Waals surface area contributed by atoms with Crippen molar-refractivity contribution in [3.05, 3.63) is 66.3 Å². The van der Waals surface area contributed by atoms with Crippen LogP contribution in [0.1, 0.15) is 18.1 Å². The van der Waals surface area contributed by atoms with Gasteiger partial charge in [-0.2, -0.15) is 5.26 Å². The molecule has 128 valence electrons. The average Bonchev–Trinajstić information content (AvgIpc) is 2.60. The molecule has 0 fully saturated rings. The first kappa shape index (κ1) is 19.7. The minimum absolute atomic E-state index is 0.0218. The molecule has 0 atom stereocenters. The van der Waals surface area contributed by atoms with Gasteiger partial charge in [-0.3, -0.25) is 0 Å². The maximum Gasteiger partial charge on any atom is 0.348 e. The van der Waals surface area contributed by atoms with Crippen LogP contribution in [0.15, 0.2) is 48.0 Å². The summed E-state index contributed by atoms with van der Waals surface area (Å²) >= 11 is 4.38. The molecule has 0 unspecified atom stereocenters. The van der Waals surface area contributed by atoms with Gasteiger partial charge in [0, 0.05) is 0 Å². The van der Waals surface area contributed by atoms with E-state index in [0.717, 1.165) is 24.0 Å². The second kappa shape index (κ2) is 9.77. The van der Waals surface area contributed by atoms with Crippen LogP contribution >= 0.6 is 45.2 Å². The average molecular weight is 559 g/mol. The van der Waals surface area contributed by atoms with Crippen molar-refractivity contribution in [2.45, 2.75) is 13.5 Å². The lowest BCUT2D eigenvalue weighted by atomic mass is 10.1. The van der Waals surface area contributed by atoms with Gasteiger partial charge in [0.05, 0.1) is 13.7 Å². The number of hydrogen-bond donors (Lipinski definition) is 0. The molecule has 0 radical (unpaired) electrons. The van der Waals surface area contributed by atoms with Gasteiger partial charge in [-0.25, -0.2) is 4.79 Å². The van der Waals surface area contributed by atoms with E-state index in [4.69, 9.17) is 14.7 Å². The fourth-order valence-corrected chi connectivity index (χ4v) is 4.17. The summed E-state index contributed by atoms with van der Waals surface area (Å²) in [5.41, 5.74) is 1.82. The normalized spacial score (nSPS) is 10.9. The third-order valence-corrected chi connectivity index (χ3v) is 4.78. The van der Waals surface area contributed by atoms with Crippen LogP contribution < -0.4 is 4.74 Å². The Labute approximate surface area is 174 Å². The molecule has 0 aliphatic rings. The summed E-state index contributed by atoms with van der Waals surface area (Å²) in [4.78, 5) is 11.7. The van der Waals surface area contributed by atoms with Crippen molar-refractivity contribution in [1.29, 1.82) is 5.26 Å². The number of rotatable bonds is 6. The van der Waals surface area contributed by atoms with Gasteiger partial charge in [-0.05, 0) is 81.4 Å². The van der Waals surface area contributed by atoms with Crippen LogP contribution in [0.5, 0.6) is 5.75 Å². The highest BCUT2D eigenvalue weighted by Crippen LogP contribution is 2.30. The van der Waals surface area contributed by atoms with Gasteiger partial charge in [0.15, 0.2) is 0 Å². The van der Waals surface area contributed by atoms with E-state index in [1.807, 2.05) is 48.5 Å². The first-order valence-corrected chi connectivity index (χ1v) is 9.65. The van der Waals surface area contributed by atoms with Crippen LogP contribution in [0.4, 0.5) is 0 Å². The minimum Gasteiger partial charge on any atom is -0.487 e. The molecular formula is C19H15I2NO3. The smallest absolute Gasteiger partial charge is 0.348 e. The number of nitriles is 1. The van der Waals surface area contributed by atoms with Crippen molar-refractivity contribution < 1.29 is 14.3 Å². The monoisotopic (exact) mass is 559 g/mol. The summed E-state index contributed by atoms with van der Waals surface area (Å²) in [6.45, 7) is 2.42. The van der Waals surface area contributed by atoms with Crippen molar-refractivity contribution in [2.75, 3.05) is 6.61 Å². The molecule has 0 aliphatic heterocycles. The Morgan fingerprint density at radius 1 is 1.20 bits per heavy atom. The third kappa shape index (κ3) is 5.71. The molecule has 0 spiro atoms. The van der Waals surface area contributed by atoms with Crippen LogP contribution in [0.25, 0.3) is 6.08 Å². The number of esters is 1. The van der Waals surface area contributed by atoms with E-state index < -0.39 is 5.97 Å². The van der Waals surface area contributed by atoms with Gasteiger partial charge < -0.3 is 9.47 Å². The number of halogens is 2. The molecule has 2 aromatic rings. The first-order valence-electron chi connectivity index (χ1n) is 7.49. The fraction of sp³-hybridized carbons (Fsp3) is 0.158. The molecule has 0 saturated heterocycles. The Bertz CT molecular complexity index is 803. The van der Waals surface area contributed by atoms with Crippen LogP contribution in [0, 0.1) is 18.5 Å². The molecule has 0 aliphatic carbocycles. The van der Waals surface area contributed by atoms with E-state index in [0.29, 0.717) is 6.61 Å². The summed E-state index contributed by atoms with van der Waals surface area (Å²) in [5.74, 6) is 0.177. The maximum absolute atomic E-state index is 11.7. The summed E-state index contributed by atoms with van der Waals surface area (Å²) < 4.78 is 12.6. The highest BCUT2D eigenvalue weighted by Gasteiger charge is 2.13. The lowest BCUT2D eigenvalue weighted by Gasteiger charge is -2.11. The SMILES string of the molecule is CCOC(=O)C(C#N)=Cc1cc(I)c(OCc2ccccc2)c(I)c1. The molecule has 25 heavy (non-hydrogen) atoms. The Balaban J connectivity index is 2.22. The van der Waals surface area contributed by atoms with Gasteiger partial charge in [-0.1, -0.05) is 30.3 Å². The number of ether oxygens (including phenoxy) is 2. The van der Waals surface area contributed by atoms with E-state index >= 15 is 0 Å².